The summed E-state index contributed by atoms with van der Waals surface area (Å²) in [6.45, 7) is 2.26. The fourth-order valence-electron chi connectivity index (χ4n) is 3.07. The largest absolute Gasteiger partial charge is 0.497 e. The first-order valence-electron chi connectivity index (χ1n) is 7.97. The summed E-state index contributed by atoms with van der Waals surface area (Å²) < 4.78 is 6.26. The van der Waals surface area contributed by atoms with Crippen LogP contribution in [0.25, 0.3) is 0 Å². The molecule has 1 aliphatic rings. The lowest BCUT2D eigenvalue weighted by molar-refractivity contribution is 0.0546. The number of hydrogen-bond acceptors (Lipinski definition) is 3. The van der Waals surface area contributed by atoms with Crippen LogP contribution >= 0.6 is 15.9 Å². The Bertz CT molecular complexity index is 735. The molecule has 1 aliphatic heterocycles. The second-order valence-electron chi connectivity index (χ2n) is 6.03. The molecule has 0 aromatic heterocycles. The average Bonchev–Trinajstić information content (AvgIpc) is 2.61. The van der Waals surface area contributed by atoms with Crippen molar-refractivity contribution in [1.82, 2.24) is 9.80 Å². The maximum atomic E-state index is 12.8. The van der Waals surface area contributed by atoms with E-state index in [-0.39, 0.29) is 11.9 Å². The highest BCUT2D eigenvalue weighted by molar-refractivity contribution is 9.10. The first-order valence-corrected chi connectivity index (χ1v) is 8.77. The summed E-state index contributed by atoms with van der Waals surface area (Å²) >= 11 is 3.44. The van der Waals surface area contributed by atoms with Gasteiger partial charge in [-0.25, -0.2) is 0 Å². The molecule has 1 heterocycles. The number of carbonyl (C=O) groups excluding carboxylic acids is 1. The van der Waals surface area contributed by atoms with Crippen molar-refractivity contribution < 1.29 is 9.53 Å². The number of hydrogen-bond donors (Lipinski definition) is 0. The van der Waals surface area contributed by atoms with Crippen molar-refractivity contribution >= 4 is 21.8 Å². The van der Waals surface area contributed by atoms with Gasteiger partial charge in [-0.15, -0.1) is 0 Å². The number of amides is 1. The van der Waals surface area contributed by atoms with Gasteiger partial charge in [0.05, 0.1) is 13.2 Å². The lowest BCUT2D eigenvalue weighted by atomic mass is 10.0. The number of benzene rings is 2. The Morgan fingerprint density at radius 3 is 2.71 bits per heavy atom. The molecular formula is C19H21BrN2O2. The second kappa shape index (κ2) is 7.36. The molecule has 0 N–H and O–H groups in total. The van der Waals surface area contributed by atoms with Crippen molar-refractivity contribution in [2.24, 2.45) is 0 Å². The van der Waals surface area contributed by atoms with Gasteiger partial charge in [-0.2, -0.15) is 0 Å². The molecule has 2 aromatic carbocycles. The van der Waals surface area contributed by atoms with Gasteiger partial charge >= 0.3 is 0 Å². The standard InChI is InChI=1S/C19H21BrN2O2/c1-21-9-10-22(19(23)15-6-3-7-16(20)11-15)13-18(21)14-5-4-8-17(12-14)24-2/h3-8,11-12,18H,9-10,13H2,1-2H3. The van der Waals surface area contributed by atoms with Crippen LogP contribution < -0.4 is 4.74 Å². The molecule has 1 atom stereocenters. The quantitative estimate of drug-likeness (QED) is 0.805. The minimum Gasteiger partial charge on any atom is -0.497 e. The molecular weight excluding hydrogens is 368 g/mol. The third kappa shape index (κ3) is 3.62. The van der Waals surface area contributed by atoms with Crippen LogP contribution in [0.3, 0.4) is 0 Å². The molecule has 1 fully saturated rings. The van der Waals surface area contributed by atoms with Crippen molar-refractivity contribution in [1.29, 1.82) is 0 Å². The molecule has 24 heavy (non-hydrogen) atoms. The van der Waals surface area contributed by atoms with Gasteiger partial charge in [-0.05, 0) is 42.9 Å². The maximum Gasteiger partial charge on any atom is 0.254 e. The summed E-state index contributed by atoms with van der Waals surface area (Å²) in [6, 6.07) is 15.8. The third-order valence-electron chi connectivity index (χ3n) is 4.49. The zero-order chi connectivity index (χ0) is 17.1. The predicted octanol–water partition coefficient (Wildman–Crippen LogP) is 3.59. The molecule has 126 valence electrons. The Morgan fingerprint density at radius 2 is 1.96 bits per heavy atom. The monoisotopic (exact) mass is 388 g/mol. The number of piperazine rings is 1. The van der Waals surface area contributed by atoms with E-state index in [1.54, 1.807) is 7.11 Å². The molecule has 0 spiro atoms. The highest BCUT2D eigenvalue weighted by Gasteiger charge is 2.29. The summed E-state index contributed by atoms with van der Waals surface area (Å²) in [5, 5.41) is 0. The van der Waals surface area contributed by atoms with Crippen molar-refractivity contribution in [3.05, 3.63) is 64.1 Å². The van der Waals surface area contributed by atoms with E-state index in [0.29, 0.717) is 6.54 Å². The van der Waals surface area contributed by atoms with Crippen LogP contribution in [-0.2, 0) is 0 Å². The third-order valence-corrected chi connectivity index (χ3v) is 4.98. The van der Waals surface area contributed by atoms with Gasteiger partial charge in [-0.3, -0.25) is 9.69 Å². The van der Waals surface area contributed by atoms with Gasteiger partial charge in [0.25, 0.3) is 5.91 Å². The summed E-state index contributed by atoms with van der Waals surface area (Å²) in [5.41, 5.74) is 1.89. The summed E-state index contributed by atoms with van der Waals surface area (Å²) in [7, 11) is 3.78. The normalized spacial score (nSPS) is 18.5. The van der Waals surface area contributed by atoms with Crippen LogP contribution in [0.15, 0.2) is 53.0 Å². The molecule has 3 rings (SSSR count). The molecule has 5 heteroatoms. The average molecular weight is 389 g/mol. The number of likely N-dealkylation sites (N-methyl/N-ethyl adjacent to an activating group) is 1. The molecule has 1 unspecified atom stereocenters. The van der Waals surface area contributed by atoms with E-state index in [1.165, 1.54) is 5.56 Å². The number of carbonyl (C=O) groups is 1. The van der Waals surface area contributed by atoms with Crippen molar-refractivity contribution in [2.75, 3.05) is 33.8 Å². The Hall–Kier alpha value is -1.85. The topological polar surface area (TPSA) is 32.8 Å². The second-order valence-corrected chi connectivity index (χ2v) is 6.95. The lowest BCUT2D eigenvalue weighted by Crippen LogP contribution is -2.49. The highest BCUT2D eigenvalue weighted by atomic mass is 79.9. The van der Waals surface area contributed by atoms with Gasteiger partial charge in [-0.1, -0.05) is 34.1 Å². The van der Waals surface area contributed by atoms with Crippen molar-refractivity contribution in [3.63, 3.8) is 0 Å². The first-order chi connectivity index (χ1) is 11.6. The van der Waals surface area contributed by atoms with Crippen LogP contribution in [0.4, 0.5) is 0 Å². The lowest BCUT2D eigenvalue weighted by Gasteiger charge is -2.39. The highest BCUT2D eigenvalue weighted by Crippen LogP contribution is 2.27. The fourth-order valence-corrected chi connectivity index (χ4v) is 3.47. The van der Waals surface area contributed by atoms with Gasteiger partial charge in [0.15, 0.2) is 0 Å². The van der Waals surface area contributed by atoms with Crippen molar-refractivity contribution in [2.45, 2.75) is 6.04 Å². The van der Waals surface area contributed by atoms with Gasteiger partial charge in [0.2, 0.25) is 0 Å². The van der Waals surface area contributed by atoms with Crippen molar-refractivity contribution in [3.8, 4) is 5.75 Å². The number of ether oxygens (including phenoxy) is 1. The van der Waals surface area contributed by atoms with E-state index < -0.39 is 0 Å². The zero-order valence-corrected chi connectivity index (χ0v) is 15.5. The SMILES string of the molecule is COc1cccc(C2CN(C(=O)c3cccc(Br)c3)CCN2C)c1. The number of halogens is 1. The minimum absolute atomic E-state index is 0.0808. The molecule has 0 saturated carbocycles. The van der Waals surface area contributed by atoms with E-state index in [0.717, 1.165) is 28.9 Å². The molecule has 4 nitrogen and oxygen atoms in total. The Labute approximate surface area is 151 Å². The van der Waals surface area contributed by atoms with Gasteiger partial charge in [0.1, 0.15) is 5.75 Å². The maximum absolute atomic E-state index is 12.8. The van der Waals surface area contributed by atoms with Crippen LogP contribution in [0.2, 0.25) is 0 Å². The Balaban J connectivity index is 1.81. The van der Waals surface area contributed by atoms with E-state index in [4.69, 9.17) is 4.74 Å². The van der Waals surface area contributed by atoms with E-state index in [9.17, 15) is 4.79 Å². The summed E-state index contributed by atoms with van der Waals surface area (Å²) in [6.07, 6.45) is 0. The van der Waals surface area contributed by atoms with E-state index in [1.807, 2.05) is 47.4 Å². The number of rotatable bonds is 3. The summed E-state index contributed by atoms with van der Waals surface area (Å²) in [5.74, 6) is 0.925. The molecule has 1 saturated heterocycles. The van der Waals surface area contributed by atoms with Gasteiger partial charge < -0.3 is 9.64 Å². The Morgan fingerprint density at radius 1 is 1.17 bits per heavy atom. The molecule has 2 aromatic rings. The van der Waals surface area contributed by atoms with Gasteiger partial charge in [0, 0.05) is 29.7 Å². The van der Waals surface area contributed by atoms with Crippen LogP contribution in [-0.4, -0.2) is 49.5 Å². The molecule has 0 bridgehead atoms. The Kier molecular flexibility index (Phi) is 5.21. The predicted molar refractivity (Wildman–Crippen MR) is 98.4 cm³/mol. The first kappa shape index (κ1) is 17.0. The van der Waals surface area contributed by atoms with E-state index in [2.05, 4.69) is 33.9 Å². The number of methoxy groups -OCH3 is 1. The fraction of sp³-hybridized carbons (Fsp3) is 0.316. The number of nitrogens with zero attached hydrogens (tertiary/aromatic N) is 2. The van der Waals surface area contributed by atoms with E-state index >= 15 is 0 Å². The molecule has 0 radical (unpaired) electrons. The summed E-state index contributed by atoms with van der Waals surface area (Å²) in [4.78, 5) is 17.0. The van der Waals surface area contributed by atoms with Crippen LogP contribution in [0, 0.1) is 0 Å². The molecule has 0 aliphatic carbocycles. The minimum atomic E-state index is 0.0808. The van der Waals surface area contributed by atoms with Crippen LogP contribution in [0.1, 0.15) is 22.0 Å². The zero-order valence-electron chi connectivity index (χ0n) is 13.9. The molecule has 1 amide bonds. The van der Waals surface area contributed by atoms with Crippen LogP contribution in [0.5, 0.6) is 5.75 Å². The smallest absolute Gasteiger partial charge is 0.254 e.